The number of carbonyl (C=O) groups excluding carboxylic acids is 3. The molecule has 3 aliphatic carbocycles. The van der Waals surface area contributed by atoms with Gasteiger partial charge in [-0.3, -0.25) is 14.4 Å². The zero-order valence-electron chi connectivity index (χ0n) is 18.0. The molecule has 9 nitrogen and oxygen atoms in total. The van der Waals surface area contributed by atoms with Crippen LogP contribution in [0.3, 0.4) is 0 Å². The summed E-state index contributed by atoms with van der Waals surface area (Å²) in [6.07, 6.45) is 0.460. The molecule has 0 aliphatic heterocycles. The topological polar surface area (TPSA) is 173 Å². The number of Topliss-reactive ketones (excluding diaryl/α,β-unsaturated/α-hetero) is 2. The molecule has 170 valence electrons. The van der Waals surface area contributed by atoms with Crippen molar-refractivity contribution in [2.45, 2.75) is 44.2 Å². The van der Waals surface area contributed by atoms with Gasteiger partial charge in [-0.1, -0.05) is 19.9 Å². The lowest BCUT2D eigenvalue weighted by Crippen LogP contribution is -2.66. The van der Waals surface area contributed by atoms with Crippen molar-refractivity contribution in [1.29, 1.82) is 0 Å². The average Bonchev–Trinajstić information content (AvgIpc) is 2.71. The summed E-state index contributed by atoms with van der Waals surface area (Å²) in [6.45, 7) is 3.96. The number of phenols is 1. The maximum absolute atomic E-state index is 13.8. The number of benzene rings is 1. The second-order valence-corrected chi connectivity index (χ2v) is 8.93. The van der Waals surface area contributed by atoms with E-state index in [4.69, 9.17) is 16.2 Å². The quantitative estimate of drug-likeness (QED) is 0.433. The summed E-state index contributed by atoms with van der Waals surface area (Å²) >= 11 is 0. The molecule has 4 atom stereocenters. The number of carbonyl (C=O) groups is 3. The molecule has 0 radical (unpaired) electrons. The largest absolute Gasteiger partial charge is 0.508 e. The number of primary amides is 1. The smallest absolute Gasteiger partial charge is 0.255 e. The third kappa shape index (κ3) is 2.61. The second-order valence-electron chi connectivity index (χ2n) is 8.93. The summed E-state index contributed by atoms with van der Waals surface area (Å²) in [5.74, 6) is -5.76. The fourth-order valence-electron chi connectivity index (χ4n) is 5.60. The normalized spacial score (nSPS) is 29.7. The predicted octanol–water partition coefficient (Wildman–Crippen LogP) is 1.14. The number of nitrogens with two attached hydrogens (primary N) is 2. The number of hydrogen-bond donors (Lipinski definition) is 5. The van der Waals surface area contributed by atoms with E-state index in [1.54, 1.807) is 6.07 Å². The SMILES string of the molecule is CO[C@]12C(=O)C3=C(O)c4c(O)ccc(C(C)C)c4C[C@H]3C[C@H]1[C@@H](N)C(=O)C(C(N)=O)=C2O. The van der Waals surface area contributed by atoms with E-state index >= 15 is 0 Å². The Balaban J connectivity index is 2.00. The van der Waals surface area contributed by atoms with Crippen LogP contribution in [-0.2, 0) is 25.5 Å². The minimum absolute atomic E-state index is 0.0382. The third-order valence-electron chi connectivity index (χ3n) is 7.08. The van der Waals surface area contributed by atoms with Crippen LogP contribution >= 0.6 is 0 Å². The molecule has 3 aliphatic rings. The molecule has 1 aromatic carbocycles. The summed E-state index contributed by atoms with van der Waals surface area (Å²) < 4.78 is 5.48. The zero-order chi connectivity index (χ0) is 23.7. The number of aromatic hydroxyl groups is 1. The molecule has 9 heteroatoms. The Kier molecular flexibility index (Phi) is 4.94. The van der Waals surface area contributed by atoms with Crippen LogP contribution in [0.2, 0.25) is 0 Å². The molecule has 0 heterocycles. The Morgan fingerprint density at radius 3 is 2.44 bits per heavy atom. The molecule has 0 spiro atoms. The van der Waals surface area contributed by atoms with E-state index in [1.165, 1.54) is 6.07 Å². The van der Waals surface area contributed by atoms with Gasteiger partial charge in [0.25, 0.3) is 5.91 Å². The van der Waals surface area contributed by atoms with E-state index in [9.17, 15) is 29.7 Å². The van der Waals surface area contributed by atoms with Crippen LogP contribution in [0.15, 0.2) is 29.0 Å². The fourth-order valence-corrected chi connectivity index (χ4v) is 5.60. The Morgan fingerprint density at radius 2 is 1.88 bits per heavy atom. The third-order valence-corrected chi connectivity index (χ3v) is 7.08. The van der Waals surface area contributed by atoms with Gasteiger partial charge >= 0.3 is 0 Å². The molecule has 32 heavy (non-hydrogen) atoms. The number of aliphatic hydroxyl groups is 2. The lowest BCUT2D eigenvalue weighted by atomic mass is 9.57. The standard InChI is InChI=1S/C23H26N2O7/c1-8(2)10-4-5-13(26)15-11(10)6-9-7-12-17(24)19(28)16(22(25)31)21(30)23(12,32-3)20(29)14(9)18(15)27/h4-5,8-9,12,17,26-27,30H,6-7,24H2,1-3H3,(H2,25,31)/t9-,12-,17+,23-/m0/s1. The van der Waals surface area contributed by atoms with Gasteiger partial charge in [0.1, 0.15) is 22.8 Å². The average molecular weight is 442 g/mol. The predicted molar refractivity (Wildman–Crippen MR) is 114 cm³/mol. The highest BCUT2D eigenvalue weighted by Crippen LogP contribution is 2.53. The number of fused-ring (bicyclic) bond motifs is 3. The minimum Gasteiger partial charge on any atom is -0.508 e. The number of ether oxygens (including phenoxy) is 1. The zero-order valence-corrected chi connectivity index (χ0v) is 18.0. The molecule has 0 aromatic heterocycles. The monoisotopic (exact) mass is 442 g/mol. The lowest BCUT2D eigenvalue weighted by Gasteiger charge is -2.50. The van der Waals surface area contributed by atoms with Gasteiger partial charge in [0.2, 0.25) is 5.78 Å². The van der Waals surface area contributed by atoms with Crippen LogP contribution in [0.5, 0.6) is 5.75 Å². The molecule has 1 amide bonds. The van der Waals surface area contributed by atoms with Gasteiger partial charge in [-0.2, -0.15) is 0 Å². The maximum atomic E-state index is 13.8. The molecule has 1 saturated carbocycles. The van der Waals surface area contributed by atoms with Crippen molar-refractivity contribution in [3.8, 4) is 5.75 Å². The Bertz CT molecular complexity index is 1130. The van der Waals surface area contributed by atoms with E-state index < -0.39 is 58.0 Å². The molecular formula is C23H26N2O7. The van der Waals surface area contributed by atoms with Gasteiger partial charge in [0.05, 0.1) is 11.6 Å². The Labute approximate surface area is 184 Å². The number of methoxy groups -OCH3 is 1. The molecule has 1 aromatic rings. The highest BCUT2D eigenvalue weighted by Gasteiger charge is 2.64. The number of phenolic OH excluding ortho intramolecular Hbond substituents is 1. The fraction of sp³-hybridized carbons (Fsp3) is 0.435. The van der Waals surface area contributed by atoms with Crippen molar-refractivity contribution >= 4 is 23.2 Å². The first-order valence-electron chi connectivity index (χ1n) is 10.4. The highest BCUT2D eigenvalue weighted by atomic mass is 16.5. The first-order chi connectivity index (χ1) is 15.0. The molecule has 0 bridgehead atoms. The second kappa shape index (κ2) is 7.18. The summed E-state index contributed by atoms with van der Waals surface area (Å²) in [6, 6.07) is 1.94. The summed E-state index contributed by atoms with van der Waals surface area (Å²) in [5, 5.41) is 32.5. The van der Waals surface area contributed by atoms with Gasteiger partial charge in [-0.25, -0.2) is 0 Å². The van der Waals surface area contributed by atoms with Crippen molar-refractivity contribution in [1.82, 2.24) is 0 Å². The van der Waals surface area contributed by atoms with Gasteiger partial charge < -0.3 is 31.5 Å². The van der Waals surface area contributed by atoms with Crippen LogP contribution in [0.1, 0.15) is 42.9 Å². The van der Waals surface area contributed by atoms with Gasteiger partial charge in [-0.15, -0.1) is 0 Å². The maximum Gasteiger partial charge on any atom is 0.255 e. The van der Waals surface area contributed by atoms with Crippen LogP contribution in [0.25, 0.3) is 5.76 Å². The number of rotatable bonds is 3. The van der Waals surface area contributed by atoms with E-state index in [1.807, 2.05) is 13.8 Å². The molecular weight excluding hydrogens is 416 g/mol. The van der Waals surface area contributed by atoms with Crippen molar-refractivity contribution in [2.75, 3.05) is 7.11 Å². The van der Waals surface area contributed by atoms with Crippen LogP contribution < -0.4 is 11.5 Å². The first-order valence-corrected chi connectivity index (χ1v) is 10.4. The van der Waals surface area contributed by atoms with E-state index in [0.29, 0.717) is 6.42 Å². The highest BCUT2D eigenvalue weighted by molar-refractivity contribution is 6.24. The molecule has 1 fully saturated rings. The summed E-state index contributed by atoms with van der Waals surface area (Å²) in [5.41, 5.74) is 10.3. The number of hydrogen-bond acceptors (Lipinski definition) is 8. The van der Waals surface area contributed by atoms with Crippen molar-refractivity contribution < 1.29 is 34.4 Å². The lowest BCUT2D eigenvalue weighted by molar-refractivity contribution is -0.154. The summed E-state index contributed by atoms with van der Waals surface area (Å²) in [4.78, 5) is 38.4. The van der Waals surface area contributed by atoms with Gasteiger partial charge in [-0.05, 0) is 41.9 Å². The van der Waals surface area contributed by atoms with Crippen molar-refractivity contribution in [2.24, 2.45) is 23.3 Å². The van der Waals surface area contributed by atoms with E-state index in [0.717, 1.165) is 18.2 Å². The van der Waals surface area contributed by atoms with Crippen molar-refractivity contribution in [3.63, 3.8) is 0 Å². The van der Waals surface area contributed by atoms with Crippen LogP contribution in [0.4, 0.5) is 0 Å². The van der Waals surface area contributed by atoms with E-state index in [2.05, 4.69) is 0 Å². The van der Waals surface area contributed by atoms with Gasteiger partial charge in [0.15, 0.2) is 11.4 Å². The Hall–Kier alpha value is -3.17. The Morgan fingerprint density at radius 1 is 1.22 bits per heavy atom. The molecule has 7 N–H and O–H groups in total. The summed E-state index contributed by atoms with van der Waals surface area (Å²) in [7, 11) is 1.16. The van der Waals surface area contributed by atoms with Crippen LogP contribution in [-0.4, -0.2) is 51.5 Å². The van der Waals surface area contributed by atoms with Crippen molar-refractivity contribution in [3.05, 3.63) is 45.7 Å². The molecule has 4 rings (SSSR count). The number of aliphatic hydroxyl groups excluding tert-OH is 2. The minimum atomic E-state index is -2.14. The molecule has 0 saturated heterocycles. The molecule has 0 unspecified atom stereocenters. The van der Waals surface area contributed by atoms with E-state index in [-0.39, 0.29) is 29.2 Å². The number of amides is 1. The number of ketones is 2. The van der Waals surface area contributed by atoms with Gasteiger partial charge in [0, 0.05) is 18.6 Å². The van der Waals surface area contributed by atoms with Crippen LogP contribution in [0, 0.1) is 11.8 Å². The first kappa shape index (κ1) is 22.0.